The van der Waals surface area contributed by atoms with Gasteiger partial charge in [-0.25, -0.2) is 0 Å². The van der Waals surface area contributed by atoms with Crippen LogP contribution in [0.4, 0.5) is 5.69 Å². The summed E-state index contributed by atoms with van der Waals surface area (Å²) in [4.78, 5) is 6.87. The molecule has 3 nitrogen and oxygen atoms in total. The van der Waals surface area contributed by atoms with Crippen molar-refractivity contribution in [1.82, 2.24) is 10.3 Å². The van der Waals surface area contributed by atoms with Crippen LogP contribution in [0.15, 0.2) is 12.3 Å². The Morgan fingerprint density at radius 2 is 2.19 bits per heavy atom. The first-order chi connectivity index (χ1) is 7.81. The number of hydrogen-bond donors (Lipinski definition) is 1. The van der Waals surface area contributed by atoms with Crippen molar-refractivity contribution < 1.29 is 0 Å². The molecule has 0 aromatic carbocycles. The van der Waals surface area contributed by atoms with E-state index >= 15 is 0 Å². The van der Waals surface area contributed by atoms with Gasteiger partial charge in [0.05, 0.1) is 0 Å². The molecule has 0 bridgehead atoms. The second-order valence-corrected chi connectivity index (χ2v) is 5.31. The molecule has 1 aromatic rings. The average Bonchev–Trinajstić information content (AvgIpc) is 2.33. The third-order valence-electron chi connectivity index (χ3n) is 2.82. The molecule has 1 aromatic heterocycles. The van der Waals surface area contributed by atoms with Crippen molar-refractivity contribution in [2.45, 2.75) is 13.5 Å². The SMILES string of the molecule is CNCc1cnc(C)cc1N1CCSCC1. The van der Waals surface area contributed by atoms with Crippen LogP contribution in [0.3, 0.4) is 0 Å². The lowest BCUT2D eigenvalue weighted by Gasteiger charge is -2.30. The molecule has 0 amide bonds. The molecule has 0 aliphatic carbocycles. The van der Waals surface area contributed by atoms with Crippen LogP contribution in [0.2, 0.25) is 0 Å². The van der Waals surface area contributed by atoms with Crippen LogP contribution >= 0.6 is 11.8 Å². The van der Waals surface area contributed by atoms with Crippen LogP contribution < -0.4 is 10.2 Å². The minimum atomic E-state index is 0.895. The van der Waals surface area contributed by atoms with Gasteiger partial charge in [-0.15, -0.1) is 0 Å². The Bertz CT molecular complexity index is 348. The maximum absolute atomic E-state index is 4.38. The molecule has 4 heteroatoms. The van der Waals surface area contributed by atoms with E-state index in [-0.39, 0.29) is 0 Å². The maximum atomic E-state index is 4.38. The molecular weight excluding hydrogens is 218 g/mol. The molecule has 0 unspecified atom stereocenters. The quantitative estimate of drug-likeness (QED) is 0.865. The number of aromatic nitrogens is 1. The Morgan fingerprint density at radius 1 is 1.44 bits per heavy atom. The minimum absolute atomic E-state index is 0.895. The van der Waals surface area contributed by atoms with Gasteiger partial charge in [-0.1, -0.05) is 0 Å². The molecule has 0 spiro atoms. The van der Waals surface area contributed by atoms with Crippen molar-refractivity contribution in [2.24, 2.45) is 0 Å². The van der Waals surface area contributed by atoms with E-state index in [2.05, 4.69) is 28.2 Å². The molecule has 1 N–H and O–H groups in total. The highest BCUT2D eigenvalue weighted by Gasteiger charge is 2.14. The van der Waals surface area contributed by atoms with Gasteiger partial charge in [0.2, 0.25) is 0 Å². The summed E-state index contributed by atoms with van der Waals surface area (Å²) in [6, 6.07) is 2.21. The highest BCUT2D eigenvalue weighted by atomic mass is 32.2. The number of aryl methyl sites for hydroxylation is 1. The van der Waals surface area contributed by atoms with Crippen LogP contribution in [-0.2, 0) is 6.54 Å². The topological polar surface area (TPSA) is 28.2 Å². The summed E-state index contributed by atoms with van der Waals surface area (Å²) in [5.41, 5.74) is 3.77. The van der Waals surface area contributed by atoms with Gasteiger partial charge in [-0.2, -0.15) is 11.8 Å². The molecule has 88 valence electrons. The second kappa shape index (κ2) is 5.55. The smallest absolute Gasteiger partial charge is 0.0446 e. The predicted molar refractivity (Wildman–Crippen MR) is 71.3 cm³/mol. The Balaban J connectivity index is 2.24. The number of pyridine rings is 1. The van der Waals surface area contributed by atoms with E-state index in [0.717, 1.165) is 25.3 Å². The van der Waals surface area contributed by atoms with Gasteiger partial charge in [-0.3, -0.25) is 4.98 Å². The molecule has 2 rings (SSSR count). The maximum Gasteiger partial charge on any atom is 0.0446 e. The fraction of sp³-hybridized carbons (Fsp3) is 0.583. The monoisotopic (exact) mass is 237 g/mol. The molecule has 1 fully saturated rings. The van der Waals surface area contributed by atoms with Gasteiger partial charge in [0.1, 0.15) is 0 Å². The van der Waals surface area contributed by atoms with E-state index in [1.165, 1.54) is 22.8 Å². The Labute approximate surface area is 102 Å². The van der Waals surface area contributed by atoms with Crippen LogP contribution in [0, 0.1) is 6.92 Å². The Kier molecular flexibility index (Phi) is 4.07. The van der Waals surface area contributed by atoms with Gasteiger partial charge in [0.25, 0.3) is 0 Å². The largest absolute Gasteiger partial charge is 0.370 e. The second-order valence-electron chi connectivity index (χ2n) is 4.08. The normalized spacial score (nSPS) is 16.5. The zero-order valence-corrected chi connectivity index (χ0v) is 10.8. The number of nitrogens with one attached hydrogen (secondary N) is 1. The molecule has 16 heavy (non-hydrogen) atoms. The van der Waals surface area contributed by atoms with E-state index in [1.54, 1.807) is 0 Å². The summed E-state index contributed by atoms with van der Waals surface area (Å²) in [6.07, 6.45) is 2.00. The van der Waals surface area contributed by atoms with Gasteiger partial charge < -0.3 is 10.2 Å². The molecule has 1 aliphatic heterocycles. The lowest BCUT2D eigenvalue weighted by atomic mass is 10.2. The minimum Gasteiger partial charge on any atom is -0.370 e. The standard InChI is InChI=1S/C12H19N3S/c1-10-7-12(11(8-13-2)9-14-10)15-3-5-16-6-4-15/h7,9,13H,3-6,8H2,1-2H3. The molecule has 0 saturated carbocycles. The Morgan fingerprint density at radius 3 is 2.88 bits per heavy atom. The highest BCUT2D eigenvalue weighted by Crippen LogP contribution is 2.24. The lowest BCUT2D eigenvalue weighted by Crippen LogP contribution is -2.33. The third-order valence-corrected chi connectivity index (χ3v) is 3.76. The number of rotatable bonds is 3. The van der Waals surface area contributed by atoms with E-state index in [9.17, 15) is 0 Å². The van der Waals surface area contributed by atoms with Crippen LogP contribution in [0.5, 0.6) is 0 Å². The molecule has 0 atom stereocenters. The zero-order valence-electron chi connectivity index (χ0n) is 9.99. The number of hydrogen-bond acceptors (Lipinski definition) is 4. The number of anilines is 1. The molecule has 2 heterocycles. The van der Waals surface area contributed by atoms with E-state index in [0.29, 0.717) is 0 Å². The molecule has 1 aliphatic rings. The van der Waals surface area contributed by atoms with Crippen molar-refractivity contribution in [1.29, 1.82) is 0 Å². The van der Waals surface area contributed by atoms with Crippen molar-refractivity contribution in [2.75, 3.05) is 36.5 Å². The Hall–Kier alpha value is -0.740. The van der Waals surface area contributed by atoms with Crippen LogP contribution in [0.25, 0.3) is 0 Å². The summed E-state index contributed by atoms with van der Waals surface area (Å²) in [5, 5.41) is 3.21. The number of nitrogens with zero attached hydrogens (tertiary/aromatic N) is 2. The zero-order chi connectivity index (χ0) is 11.4. The van der Waals surface area contributed by atoms with Crippen molar-refractivity contribution >= 4 is 17.4 Å². The first-order valence-electron chi connectivity index (χ1n) is 5.74. The first kappa shape index (κ1) is 11.7. The van der Waals surface area contributed by atoms with Gasteiger partial charge in [0, 0.05) is 54.3 Å². The van der Waals surface area contributed by atoms with Gasteiger partial charge >= 0.3 is 0 Å². The van der Waals surface area contributed by atoms with Crippen molar-refractivity contribution in [3.63, 3.8) is 0 Å². The lowest BCUT2D eigenvalue weighted by molar-refractivity contribution is 0.788. The van der Waals surface area contributed by atoms with E-state index in [1.807, 2.05) is 25.0 Å². The van der Waals surface area contributed by atoms with Gasteiger partial charge in [-0.05, 0) is 20.0 Å². The summed E-state index contributed by atoms with van der Waals surface area (Å²) >= 11 is 2.04. The van der Waals surface area contributed by atoms with Crippen LogP contribution in [-0.4, -0.2) is 36.6 Å². The molecular formula is C12H19N3S. The first-order valence-corrected chi connectivity index (χ1v) is 6.89. The molecule has 1 saturated heterocycles. The van der Waals surface area contributed by atoms with E-state index in [4.69, 9.17) is 0 Å². The van der Waals surface area contributed by atoms with E-state index < -0.39 is 0 Å². The van der Waals surface area contributed by atoms with Crippen LogP contribution in [0.1, 0.15) is 11.3 Å². The van der Waals surface area contributed by atoms with Gasteiger partial charge in [0.15, 0.2) is 0 Å². The highest BCUT2D eigenvalue weighted by molar-refractivity contribution is 7.99. The fourth-order valence-corrected chi connectivity index (χ4v) is 2.90. The molecule has 0 radical (unpaired) electrons. The summed E-state index contributed by atoms with van der Waals surface area (Å²) in [6.45, 7) is 5.27. The number of thioether (sulfide) groups is 1. The average molecular weight is 237 g/mol. The third kappa shape index (κ3) is 2.68. The fourth-order valence-electron chi connectivity index (χ4n) is 2.00. The predicted octanol–water partition coefficient (Wildman–Crippen LogP) is 1.66. The van der Waals surface area contributed by atoms with Crippen molar-refractivity contribution in [3.05, 3.63) is 23.5 Å². The summed E-state index contributed by atoms with van der Waals surface area (Å²) in [7, 11) is 1.98. The summed E-state index contributed by atoms with van der Waals surface area (Å²) < 4.78 is 0. The van der Waals surface area contributed by atoms with Crippen molar-refractivity contribution in [3.8, 4) is 0 Å². The summed E-state index contributed by atoms with van der Waals surface area (Å²) in [5.74, 6) is 2.47.